The highest BCUT2D eigenvalue weighted by Gasteiger charge is 2.30. The van der Waals surface area contributed by atoms with Crippen LogP contribution in [0.3, 0.4) is 0 Å². The van der Waals surface area contributed by atoms with Gasteiger partial charge < -0.3 is 10.2 Å². The van der Waals surface area contributed by atoms with Gasteiger partial charge in [0.25, 0.3) is 0 Å². The first-order valence-electron chi connectivity index (χ1n) is 11.9. The van der Waals surface area contributed by atoms with Gasteiger partial charge >= 0.3 is 0 Å². The van der Waals surface area contributed by atoms with E-state index in [9.17, 15) is 9.59 Å². The smallest absolute Gasteiger partial charge is 0.243 e. The summed E-state index contributed by atoms with van der Waals surface area (Å²) in [6, 6.07) is 29.0. The van der Waals surface area contributed by atoms with Crippen molar-refractivity contribution in [2.75, 3.05) is 6.54 Å². The zero-order valence-corrected chi connectivity index (χ0v) is 19.5. The van der Waals surface area contributed by atoms with E-state index in [-0.39, 0.29) is 18.2 Å². The number of nitrogens with one attached hydrogen (secondary N) is 1. The Balaban J connectivity index is 1.88. The summed E-state index contributed by atoms with van der Waals surface area (Å²) >= 11 is 0. The second-order valence-corrected chi connectivity index (χ2v) is 8.37. The van der Waals surface area contributed by atoms with E-state index in [4.69, 9.17) is 0 Å². The Morgan fingerprint density at radius 2 is 1.30 bits per heavy atom. The fraction of sp³-hybridized carbons (Fsp3) is 0.310. The molecule has 3 aromatic rings. The molecule has 1 unspecified atom stereocenters. The minimum absolute atomic E-state index is 0.0466. The quantitative estimate of drug-likeness (QED) is 0.393. The van der Waals surface area contributed by atoms with Crippen molar-refractivity contribution in [3.63, 3.8) is 0 Å². The van der Waals surface area contributed by atoms with Crippen LogP contribution < -0.4 is 5.32 Å². The molecular weight excluding hydrogens is 408 g/mol. The second kappa shape index (κ2) is 13.2. The molecule has 0 aliphatic carbocycles. The Morgan fingerprint density at radius 3 is 1.88 bits per heavy atom. The summed E-state index contributed by atoms with van der Waals surface area (Å²) in [7, 11) is 0. The van der Waals surface area contributed by atoms with Gasteiger partial charge in [0.05, 0.1) is 6.42 Å². The minimum Gasteiger partial charge on any atom is -0.354 e. The lowest BCUT2D eigenvalue weighted by molar-refractivity contribution is -0.140. The monoisotopic (exact) mass is 442 g/mol. The van der Waals surface area contributed by atoms with Crippen LogP contribution in [0.4, 0.5) is 0 Å². The molecule has 2 amide bonds. The first kappa shape index (κ1) is 24.2. The molecule has 0 aromatic heterocycles. The van der Waals surface area contributed by atoms with Gasteiger partial charge in [-0.05, 0) is 23.1 Å². The summed E-state index contributed by atoms with van der Waals surface area (Å²) in [5.41, 5.74) is 3.00. The average molecular weight is 443 g/mol. The van der Waals surface area contributed by atoms with E-state index < -0.39 is 6.04 Å². The van der Waals surface area contributed by atoms with E-state index in [1.165, 1.54) is 0 Å². The summed E-state index contributed by atoms with van der Waals surface area (Å²) in [4.78, 5) is 28.7. The number of hydrogen-bond acceptors (Lipinski definition) is 2. The molecule has 33 heavy (non-hydrogen) atoms. The Labute approximate surface area is 197 Å². The standard InChI is InChI=1S/C29H34N2O2/c1-2-3-13-20-30-29(33)27(21-24-14-7-4-8-15-24)31(23-26-18-11-6-12-19-26)28(32)22-25-16-9-5-10-17-25/h4-12,14-19,27H,2-3,13,20-23H2,1H3,(H,30,33). The van der Waals surface area contributed by atoms with Gasteiger partial charge in [0, 0.05) is 19.5 Å². The zero-order chi connectivity index (χ0) is 23.3. The third-order valence-electron chi connectivity index (χ3n) is 5.74. The molecule has 1 atom stereocenters. The van der Waals surface area contributed by atoms with Crippen molar-refractivity contribution in [2.45, 2.75) is 51.6 Å². The molecule has 0 bridgehead atoms. The van der Waals surface area contributed by atoms with Gasteiger partial charge in [0.15, 0.2) is 0 Å². The molecule has 0 aliphatic rings. The number of benzene rings is 3. The minimum atomic E-state index is -0.578. The SMILES string of the molecule is CCCCCNC(=O)C(Cc1ccccc1)N(Cc1ccccc1)C(=O)Cc1ccccc1. The summed E-state index contributed by atoms with van der Waals surface area (Å²) in [5, 5.41) is 3.09. The predicted molar refractivity (Wildman–Crippen MR) is 134 cm³/mol. The maximum absolute atomic E-state index is 13.6. The molecule has 172 valence electrons. The van der Waals surface area contributed by atoms with Crippen LogP contribution in [-0.4, -0.2) is 29.3 Å². The Morgan fingerprint density at radius 1 is 0.758 bits per heavy atom. The summed E-state index contributed by atoms with van der Waals surface area (Å²) in [5.74, 6) is -0.137. The van der Waals surface area contributed by atoms with Crippen LogP contribution in [0.2, 0.25) is 0 Å². The molecule has 3 aromatic carbocycles. The van der Waals surface area contributed by atoms with Crippen molar-refractivity contribution >= 4 is 11.8 Å². The highest BCUT2D eigenvalue weighted by Crippen LogP contribution is 2.16. The first-order chi connectivity index (χ1) is 16.2. The van der Waals surface area contributed by atoms with Crippen molar-refractivity contribution in [3.05, 3.63) is 108 Å². The third-order valence-corrected chi connectivity index (χ3v) is 5.74. The molecular formula is C29H34N2O2. The number of carbonyl (C=O) groups excluding carboxylic acids is 2. The molecule has 0 saturated carbocycles. The Kier molecular flexibility index (Phi) is 9.71. The van der Waals surface area contributed by atoms with Gasteiger partial charge in [0.2, 0.25) is 11.8 Å². The second-order valence-electron chi connectivity index (χ2n) is 8.37. The van der Waals surface area contributed by atoms with Crippen LogP contribution in [0.1, 0.15) is 42.9 Å². The van der Waals surface area contributed by atoms with E-state index in [1.807, 2.05) is 91.0 Å². The molecule has 0 fully saturated rings. The molecule has 0 radical (unpaired) electrons. The van der Waals surface area contributed by atoms with Gasteiger partial charge in [-0.15, -0.1) is 0 Å². The molecule has 1 N–H and O–H groups in total. The van der Waals surface area contributed by atoms with Gasteiger partial charge in [-0.1, -0.05) is 111 Å². The van der Waals surface area contributed by atoms with Crippen molar-refractivity contribution in [1.29, 1.82) is 0 Å². The van der Waals surface area contributed by atoms with E-state index in [2.05, 4.69) is 12.2 Å². The normalized spacial score (nSPS) is 11.5. The van der Waals surface area contributed by atoms with Crippen molar-refractivity contribution in [1.82, 2.24) is 10.2 Å². The fourth-order valence-electron chi connectivity index (χ4n) is 3.91. The highest BCUT2D eigenvalue weighted by molar-refractivity contribution is 5.88. The van der Waals surface area contributed by atoms with Crippen LogP contribution in [0.5, 0.6) is 0 Å². The predicted octanol–water partition coefficient (Wildman–Crippen LogP) is 5.18. The van der Waals surface area contributed by atoms with Gasteiger partial charge in [0.1, 0.15) is 6.04 Å². The molecule has 4 nitrogen and oxygen atoms in total. The van der Waals surface area contributed by atoms with Crippen LogP contribution in [-0.2, 0) is 29.0 Å². The fourth-order valence-corrected chi connectivity index (χ4v) is 3.91. The molecule has 3 rings (SSSR count). The molecule has 0 saturated heterocycles. The van der Waals surface area contributed by atoms with Gasteiger partial charge in [-0.2, -0.15) is 0 Å². The van der Waals surface area contributed by atoms with E-state index in [1.54, 1.807) is 4.90 Å². The van der Waals surface area contributed by atoms with Crippen LogP contribution in [0.15, 0.2) is 91.0 Å². The lowest BCUT2D eigenvalue weighted by Gasteiger charge is -2.31. The summed E-state index contributed by atoms with van der Waals surface area (Å²) in [6.45, 7) is 3.17. The van der Waals surface area contributed by atoms with Crippen molar-refractivity contribution < 1.29 is 9.59 Å². The number of rotatable bonds is 12. The van der Waals surface area contributed by atoms with Gasteiger partial charge in [-0.25, -0.2) is 0 Å². The highest BCUT2D eigenvalue weighted by atomic mass is 16.2. The number of carbonyl (C=O) groups is 2. The zero-order valence-electron chi connectivity index (χ0n) is 19.5. The first-order valence-corrected chi connectivity index (χ1v) is 11.9. The lowest BCUT2D eigenvalue weighted by Crippen LogP contribution is -2.51. The maximum atomic E-state index is 13.6. The Hall–Kier alpha value is -3.40. The van der Waals surface area contributed by atoms with E-state index in [0.29, 0.717) is 19.5 Å². The molecule has 0 spiro atoms. The maximum Gasteiger partial charge on any atom is 0.243 e. The number of nitrogens with zero attached hydrogens (tertiary/aromatic N) is 1. The van der Waals surface area contributed by atoms with Crippen LogP contribution in [0.25, 0.3) is 0 Å². The van der Waals surface area contributed by atoms with E-state index in [0.717, 1.165) is 36.0 Å². The number of amides is 2. The summed E-state index contributed by atoms with van der Waals surface area (Å²) < 4.78 is 0. The third kappa shape index (κ3) is 7.90. The van der Waals surface area contributed by atoms with E-state index >= 15 is 0 Å². The van der Waals surface area contributed by atoms with Crippen LogP contribution >= 0.6 is 0 Å². The summed E-state index contributed by atoms with van der Waals surface area (Å²) in [6.07, 6.45) is 3.86. The lowest BCUT2D eigenvalue weighted by atomic mass is 10.0. The number of hydrogen-bond donors (Lipinski definition) is 1. The number of unbranched alkanes of at least 4 members (excludes halogenated alkanes) is 2. The average Bonchev–Trinajstić information content (AvgIpc) is 2.85. The topological polar surface area (TPSA) is 49.4 Å². The van der Waals surface area contributed by atoms with Crippen LogP contribution in [0, 0.1) is 0 Å². The largest absolute Gasteiger partial charge is 0.354 e. The molecule has 0 aliphatic heterocycles. The Bertz CT molecular complexity index is 974. The van der Waals surface area contributed by atoms with Crippen molar-refractivity contribution in [3.8, 4) is 0 Å². The molecule has 0 heterocycles. The molecule has 4 heteroatoms. The van der Waals surface area contributed by atoms with Gasteiger partial charge in [-0.3, -0.25) is 9.59 Å². The van der Waals surface area contributed by atoms with Crippen molar-refractivity contribution in [2.24, 2.45) is 0 Å².